The molecule has 1 aliphatic rings. The molecule has 2 heterocycles. The summed E-state index contributed by atoms with van der Waals surface area (Å²) in [6, 6.07) is 0. The van der Waals surface area contributed by atoms with E-state index in [1.54, 1.807) is 0 Å². The smallest absolute Gasteiger partial charge is 0.147 e. The van der Waals surface area contributed by atoms with Gasteiger partial charge >= 0.3 is 0 Å². The standard InChI is InChI=1S/C12H22N4O/c1-4-16-10(3)13-14-12(16)8-15-6-5-11(7-15)9(2)17/h9,11,17H,4-8H2,1-3H3. The van der Waals surface area contributed by atoms with E-state index in [0.717, 1.165) is 44.2 Å². The highest BCUT2D eigenvalue weighted by Crippen LogP contribution is 2.21. The summed E-state index contributed by atoms with van der Waals surface area (Å²) in [5, 5.41) is 17.9. The van der Waals surface area contributed by atoms with Gasteiger partial charge in [-0.2, -0.15) is 0 Å². The molecule has 17 heavy (non-hydrogen) atoms. The number of aliphatic hydroxyl groups is 1. The molecule has 1 aromatic rings. The van der Waals surface area contributed by atoms with Crippen molar-refractivity contribution in [2.45, 2.75) is 46.4 Å². The van der Waals surface area contributed by atoms with Gasteiger partial charge in [0.15, 0.2) is 0 Å². The molecule has 1 saturated heterocycles. The quantitative estimate of drug-likeness (QED) is 0.843. The summed E-state index contributed by atoms with van der Waals surface area (Å²) in [7, 11) is 0. The molecule has 0 aromatic carbocycles. The Morgan fingerprint density at radius 2 is 2.24 bits per heavy atom. The van der Waals surface area contributed by atoms with Crippen molar-refractivity contribution < 1.29 is 5.11 Å². The van der Waals surface area contributed by atoms with Crippen LogP contribution in [0.15, 0.2) is 0 Å². The minimum atomic E-state index is -0.203. The Morgan fingerprint density at radius 3 is 2.82 bits per heavy atom. The molecule has 0 saturated carbocycles. The maximum atomic E-state index is 9.58. The van der Waals surface area contributed by atoms with E-state index in [1.807, 2.05) is 13.8 Å². The fourth-order valence-electron chi connectivity index (χ4n) is 2.55. The molecule has 0 amide bonds. The fourth-order valence-corrected chi connectivity index (χ4v) is 2.55. The van der Waals surface area contributed by atoms with Crippen LogP contribution in [-0.2, 0) is 13.1 Å². The van der Waals surface area contributed by atoms with Gasteiger partial charge in [-0.15, -0.1) is 10.2 Å². The molecule has 1 N–H and O–H groups in total. The number of rotatable bonds is 4. The lowest BCUT2D eigenvalue weighted by Gasteiger charge is -2.17. The molecule has 0 radical (unpaired) electrons. The SMILES string of the molecule is CCn1c(C)nnc1CN1CCC(C(C)O)C1. The molecule has 5 nitrogen and oxygen atoms in total. The zero-order valence-corrected chi connectivity index (χ0v) is 10.9. The van der Waals surface area contributed by atoms with Crippen LogP contribution in [0.5, 0.6) is 0 Å². The van der Waals surface area contributed by atoms with Gasteiger partial charge in [0.1, 0.15) is 11.6 Å². The summed E-state index contributed by atoms with van der Waals surface area (Å²) in [4.78, 5) is 2.35. The zero-order chi connectivity index (χ0) is 12.4. The Bertz CT molecular complexity index is 375. The topological polar surface area (TPSA) is 54.2 Å². The normalized spacial score (nSPS) is 23.2. The molecule has 1 fully saturated rings. The van der Waals surface area contributed by atoms with E-state index in [0.29, 0.717) is 5.92 Å². The van der Waals surface area contributed by atoms with E-state index in [-0.39, 0.29) is 6.10 Å². The number of aryl methyl sites for hydroxylation is 1. The van der Waals surface area contributed by atoms with Crippen LogP contribution in [0.25, 0.3) is 0 Å². The summed E-state index contributed by atoms with van der Waals surface area (Å²) >= 11 is 0. The molecule has 0 aliphatic carbocycles. The Balaban J connectivity index is 1.98. The molecule has 1 aliphatic heterocycles. The second kappa shape index (κ2) is 5.14. The average molecular weight is 238 g/mol. The first kappa shape index (κ1) is 12.5. The van der Waals surface area contributed by atoms with Crippen molar-refractivity contribution in [3.63, 3.8) is 0 Å². The Kier molecular flexibility index (Phi) is 3.79. The van der Waals surface area contributed by atoms with Crippen molar-refractivity contribution in [2.75, 3.05) is 13.1 Å². The molecule has 1 aromatic heterocycles. The van der Waals surface area contributed by atoms with Gasteiger partial charge in [-0.3, -0.25) is 4.90 Å². The largest absolute Gasteiger partial charge is 0.393 e. The van der Waals surface area contributed by atoms with Crippen molar-refractivity contribution in [2.24, 2.45) is 5.92 Å². The molecule has 2 unspecified atom stereocenters. The first-order valence-corrected chi connectivity index (χ1v) is 6.41. The highest BCUT2D eigenvalue weighted by molar-refractivity contribution is 4.95. The molecule has 5 heteroatoms. The van der Waals surface area contributed by atoms with Crippen molar-refractivity contribution >= 4 is 0 Å². The maximum absolute atomic E-state index is 9.58. The van der Waals surface area contributed by atoms with E-state index in [9.17, 15) is 5.11 Å². The minimum absolute atomic E-state index is 0.203. The second-order valence-electron chi connectivity index (χ2n) is 4.93. The molecule has 0 spiro atoms. The van der Waals surface area contributed by atoms with Gasteiger partial charge in [-0.05, 0) is 39.7 Å². The van der Waals surface area contributed by atoms with Crippen molar-refractivity contribution in [1.29, 1.82) is 0 Å². The monoisotopic (exact) mass is 238 g/mol. The van der Waals surface area contributed by atoms with Crippen molar-refractivity contribution in [3.8, 4) is 0 Å². The number of nitrogens with zero attached hydrogens (tertiary/aromatic N) is 4. The van der Waals surface area contributed by atoms with Gasteiger partial charge in [0, 0.05) is 13.1 Å². The number of hydrogen-bond acceptors (Lipinski definition) is 4. The number of likely N-dealkylation sites (tertiary alicyclic amines) is 1. The Hall–Kier alpha value is -0.940. The van der Waals surface area contributed by atoms with Gasteiger partial charge in [0.2, 0.25) is 0 Å². The lowest BCUT2D eigenvalue weighted by atomic mass is 10.0. The fraction of sp³-hybridized carbons (Fsp3) is 0.833. The highest BCUT2D eigenvalue weighted by Gasteiger charge is 2.26. The van der Waals surface area contributed by atoms with Crippen LogP contribution in [0.4, 0.5) is 0 Å². The third kappa shape index (κ3) is 2.66. The predicted molar refractivity (Wildman–Crippen MR) is 65.5 cm³/mol. The summed E-state index contributed by atoms with van der Waals surface area (Å²) in [6.07, 6.45) is 0.877. The third-order valence-electron chi connectivity index (χ3n) is 3.68. The molecular formula is C12H22N4O. The van der Waals surface area contributed by atoms with Gasteiger partial charge in [-0.25, -0.2) is 0 Å². The van der Waals surface area contributed by atoms with Crippen LogP contribution < -0.4 is 0 Å². The van der Waals surface area contributed by atoms with E-state index in [1.165, 1.54) is 0 Å². The van der Waals surface area contributed by atoms with E-state index >= 15 is 0 Å². The molecule has 96 valence electrons. The molecule has 2 rings (SSSR count). The molecular weight excluding hydrogens is 216 g/mol. The Labute approximate surface area is 102 Å². The highest BCUT2D eigenvalue weighted by atomic mass is 16.3. The average Bonchev–Trinajstić information content (AvgIpc) is 2.87. The van der Waals surface area contributed by atoms with E-state index in [4.69, 9.17) is 0 Å². The van der Waals surface area contributed by atoms with Gasteiger partial charge in [0.25, 0.3) is 0 Å². The first-order valence-electron chi connectivity index (χ1n) is 6.41. The summed E-state index contributed by atoms with van der Waals surface area (Å²) in [5.74, 6) is 2.43. The maximum Gasteiger partial charge on any atom is 0.147 e. The van der Waals surface area contributed by atoms with Crippen LogP contribution in [0.1, 0.15) is 31.9 Å². The van der Waals surface area contributed by atoms with Crippen molar-refractivity contribution in [3.05, 3.63) is 11.6 Å². The first-order chi connectivity index (χ1) is 8.11. The van der Waals surface area contributed by atoms with Crippen molar-refractivity contribution in [1.82, 2.24) is 19.7 Å². The molecule has 0 bridgehead atoms. The van der Waals surface area contributed by atoms with Crippen LogP contribution >= 0.6 is 0 Å². The van der Waals surface area contributed by atoms with Gasteiger partial charge < -0.3 is 9.67 Å². The lowest BCUT2D eigenvalue weighted by Crippen LogP contribution is -2.25. The summed E-state index contributed by atoms with van der Waals surface area (Å²) in [6.45, 7) is 9.76. The van der Waals surface area contributed by atoms with E-state index < -0.39 is 0 Å². The molecule has 2 atom stereocenters. The van der Waals surface area contributed by atoms with Crippen LogP contribution in [0, 0.1) is 12.8 Å². The number of aromatic nitrogens is 3. The van der Waals surface area contributed by atoms with Crippen LogP contribution in [-0.4, -0.2) is 44.0 Å². The third-order valence-corrected chi connectivity index (χ3v) is 3.68. The predicted octanol–water partition coefficient (Wildman–Crippen LogP) is 0.809. The van der Waals surface area contributed by atoms with Crippen LogP contribution in [0.2, 0.25) is 0 Å². The van der Waals surface area contributed by atoms with Crippen LogP contribution in [0.3, 0.4) is 0 Å². The second-order valence-corrected chi connectivity index (χ2v) is 4.93. The van der Waals surface area contributed by atoms with Gasteiger partial charge in [-0.1, -0.05) is 0 Å². The van der Waals surface area contributed by atoms with Gasteiger partial charge in [0.05, 0.1) is 12.6 Å². The number of hydrogen-bond donors (Lipinski definition) is 1. The Morgan fingerprint density at radius 1 is 1.47 bits per heavy atom. The summed E-state index contributed by atoms with van der Waals surface area (Å²) in [5.41, 5.74) is 0. The minimum Gasteiger partial charge on any atom is -0.393 e. The lowest BCUT2D eigenvalue weighted by molar-refractivity contribution is 0.126. The zero-order valence-electron chi connectivity index (χ0n) is 10.9. The number of aliphatic hydroxyl groups excluding tert-OH is 1. The summed E-state index contributed by atoms with van der Waals surface area (Å²) < 4.78 is 2.15. The van der Waals surface area contributed by atoms with E-state index in [2.05, 4.69) is 26.6 Å².